The van der Waals surface area contributed by atoms with Crippen LogP contribution >= 0.6 is 0 Å². The van der Waals surface area contributed by atoms with E-state index in [0.29, 0.717) is 49.0 Å². The minimum atomic E-state index is -1.21. The number of carboxylic acid groups (broad SMARTS) is 3. The molecule has 0 unspecified atom stereocenters. The van der Waals surface area contributed by atoms with Gasteiger partial charge in [0.05, 0.1) is 24.7 Å². The van der Waals surface area contributed by atoms with Gasteiger partial charge in [-0.3, -0.25) is 10.1 Å². The number of rotatable bonds is 4. The Hall–Kier alpha value is -4.71. The maximum absolute atomic E-state index is 10.8. The summed E-state index contributed by atoms with van der Waals surface area (Å²) in [7, 11) is 1.00. The van der Waals surface area contributed by atoms with E-state index in [1.807, 2.05) is 6.07 Å². The molecule has 0 aliphatic carbocycles. The summed E-state index contributed by atoms with van der Waals surface area (Å²) in [6.45, 7) is 1.51. The van der Waals surface area contributed by atoms with Crippen LogP contribution in [-0.2, 0) is 39.7 Å². The van der Waals surface area contributed by atoms with Crippen molar-refractivity contribution in [2.24, 2.45) is 0 Å². The number of aliphatic hydroxyl groups excluding tert-OH is 1. The van der Waals surface area contributed by atoms with Crippen molar-refractivity contribution in [3.63, 3.8) is 0 Å². The molecule has 0 aromatic heterocycles. The first-order chi connectivity index (χ1) is 20.1. The van der Waals surface area contributed by atoms with E-state index in [1.54, 1.807) is 18.2 Å². The van der Waals surface area contributed by atoms with Crippen LogP contribution in [0.1, 0.15) is 47.8 Å². The van der Waals surface area contributed by atoms with E-state index < -0.39 is 22.8 Å². The number of nitro benzene ring substituents is 1. The third-order valence-electron chi connectivity index (χ3n) is 6.19. The van der Waals surface area contributed by atoms with E-state index in [4.69, 9.17) is 40.4 Å². The molecule has 3 aromatic carbocycles. The SMILES string of the molecule is CO.Nc1cc2c(c(C(=O)O)c1)OCC2.O=C(O)c1cc([N+](=O)[O-])cc2c1OCC2.O=C(O)c1cccc2c1OCC2.[CH3-].[Pd]. The molecule has 0 fully saturated rings. The molecular weight excluding hydrogens is 675 g/mol. The summed E-state index contributed by atoms with van der Waals surface area (Å²) in [4.78, 5) is 42.2. The molecule has 6 N–H and O–H groups in total. The van der Waals surface area contributed by atoms with Crippen LogP contribution in [0, 0.1) is 17.5 Å². The summed E-state index contributed by atoms with van der Waals surface area (Å²) < 4.78 is 15.5. The number of carbonyl (C=O) groups is 3. The maximum Gasteiger partial charge on any atom is 0.339 e. The Morgan fingerprint density at radius 3 is 1.64 bits per heavy atom. The zero-order valence-electron chi connectivity index (χ0n) is 23.7. The second kappa shape index (κ2) is 16.8. The molecule has 0 radical (unpaired) electrons. The van der Waals surface area contributed by atoms with Crippen LogP contribution in [0.4, 0.5) is 11.4 Å². The van der Waals surface area contributed by atoms with E-state index in [1.165, 1.54) is 12.1 Å². The topological polar surface area (TPSA) is 229 Å². The molecular formula is C29H31N2O12Pd-. The third-order valence-corrected chi connectivity index (χ3v) is 6.19. The second-order valence-electron chi connectivity index (χ2n) is 8.80. The van der Waals surface area contributed by atoms with Crippen molar-refractivity contribution in [2.75, 3.05) is 32.7 Å². The average Bonchev–Trinajstić information content (AvgIpc) is 3.74. The van der Waals surface area contributed by atoms with E-state index in [2.05, 4.69) is 0 Å². The van der Waals surface area contributed by atoms with Crippen molar-refractivity contribution in [3.8, 4) is 17.2 Å². The number of non-ortho nitro benzene ring substituents is 1. The molecule has 0 bridgehead atoms. The normalized spacial score (nSPS) is 12.3. The van der Waals surface area contributed by atoms with Crippen LogP contribution in [0.25, 0.3) is 0 Å². The number of nitrogen functional groups attached to an aromatic ring is 1. The first-order valence-corrected chi connectivity index (χ1v) is 12.5. The van der Waals surface area contributed by atoms with Crippen LogP contribution in [0.15, 0.2) is 42.5 Å². The Kier molecular flexibility index (Phi) is 14.3. The number of aromatic carboxylic acids is 3. The predicted octanol–water partition coefficient (Wildman–Crippen LogP) is 3.51. The molecule has 3 aromatic rings. The molecule has 6 rings (SSSR count). The van der Waals surface area contributed by atoms with Gasteiger partial charge in [-0.05, 0) is 23.8 Å². The number of benzene rings is 3. The van der Waals surface area contributed by atoms with Gasteiger partial charge in [0.15, 0.2) is 0 Å². The van der Waals surface area contributed by atoms with Crippen molar-refractivity contribution in [2.45, 2.75) is 19.3 Å². The Morgan fingerprint density at radius 1 is 0.727 bits per heavy atom. The average molecular weight is 706 g/mol. The molecule has 3 heterocycles. The van der Waals surface area contributed by atoms with Gasteiger partial charge < -0.3 is 47.8 Å². The number of hydrogen-bond donors (Lipinski definition) is 5. The largest absolute Gasteiger partial charge is 0.492 e. The zero-order chi connectivity index (χ0) is 31.0. The molecule has 3 aliphatic heterocycles. The number of anilines is 1. The zero-order valence-corrected chi connectivity index (χ0v) is 25.2. The molecule has 0 amide bonds. The standard InChI is InChI=1S/C9H7NO5.C9H9NO3.C9H8O3.CH4O.CH3.Pd/c11-9(12)7-4-6(10(13)14)3-5-1-2-15-8(5)7;10-6-3-5-1-2-13-8(5)7(4-6)9(11)12;10-9(11)7-3-1-2-6-4-5-12-8(6)7;1-2;;/h3-4H,1-2H2,(H,11,12);3-4H,1-2,10H2,(H,11,12);1-3H,4-5H2,(H,10,11);2H,1H3;1H3;/q;;;;-1;. The van der Waals surface area contributed by atoms with Crippen molar-refractivity contribution in [1.82, 2.24) is 0 Å². The van der Waals surface area contributed by atoms with Gasteiger partial charge in [-0.2, -0.15) is 0 Å². The molecule has 0 spiro atoms. The van der Waals surface area contributed by atoms with Gasteiger partial charge in [0.25, 0.3) is 5.69 Å². The quantitative estimate of drug-likeness (QED) is 0.0862. The fraction of sp³-hybridized carbons (Fsp3) is 0.241. The fourth-order valence-corrected chi connectivity index (χ4v) is 4.43. The Bertz CT molecular complexity index is 1530. The Morgan fingerprint density at radius 2 is 1.16 bits per heavy atom. The third kappa shape index (κ3) is 8.66. The van der Waals surface area contributed by atoms with E-state index in [-0.39, 0.29) is 56.0 Å². The van der Waals surface area contributed by atoms with Gasteiger partial charge in [-0.15, -0.1) is 0 Å². The first-order valence-electron chi connectivity index (χ1n) is 12.5. The first kappa shape index (κ1) is 37.3. The Balaban J connectivity index is 0.000000315. The number of nitrogens with zero attached hydrogens (tertiary/aromatic N) is 1. The van der Waals surface area contributed by atoms with Gasteiger partial charge in [-0.1, -0.05) is 12.1 Å². The fourth-order valence-electron chi connectivity index (χ4n) is 4.43. The number of ether oxygens (including phenoxy) is 3. The summed E-state index contributed by atoms with van der Waals surface area (Å²) in [5, 5.41) is 44.0. The summed E-state index contributed by atoms with van der Waals surface area (Å²) >= 11 is 0. The summed E-state index contributed by atoms with van der Waals surface area (Å²) in [6.07, 6.45) is 2.06. The second-order valence-corrected chi connectivity index (χ2v) is 8.80. The van der Waals surface area contributed by atoms with Crippen LogP contribution in [0.2, 0.25) is 0 Å². The minimum Gasteiger partial charge on any atom is -0.492 e. The number of hydrogen-bond acceptors (Lipinski definition) is 10. The molecule has 0 saturated carbocycles. The number of para-hydroxylation sites is 1. The van der Waals surface area contributed by atoms with Crippen molar-refractivity contribution >= 4 is 29.3 Å². The maximum atomic E-state index is 10.8. The number of aliphatic hydroxyl groups is 1. The van der Waals surface area contributed by atoms with Crippen LogP contribution in [-0.4, -0.2) is 70.2 Å². The van der Waals surface area contributed by atoms with Gasteiger partial charge in [0.1, 0.15) is 33.9 Å². The van der Waals surface area contributed by atoms with Crippen molar-refractivity contribution in [1.29, 1.82) is 0 Å². The van der Waals surface area contributed by atoms with Crippen LogP contribution in [0.3, 0.4) is 0 Å². The number of carboxylic acids is 3. The molecule has 15 heteroatoms. The van der Waals surface area contributed by atoms with Gasteiger partial charge in [0, 0.05) is 75.7 Å². The van der Waals surface area contributed by atoms with Crippen LogP contribution in [0.5, 0.6) is 17.2 Å². The summed E-state index contributed by atoms with van der Waals surface area (Å²) in [5.74, 6) is -1.85. The summed E-state index contributed by atoms with van der Waals surface area (Å²) in [5.41, 5.74) is 8.57. The predicted molar refractivity (Wildman–Crippen MR) is 153 cm³/mol. The van der Waals surface area contributed by atoms with Gasteiger partial charge >= 0.3 is 17.9 Å². The molecule has 0 atom stereocenters. The van der Waals surface area contributed by atoms with E-state index in [9.17, 15) is 24.5 Å². The molecule has 14 nitrogen and oxygen atoms in total. The molecule has 3 aliphatic rings. The van der Waals surface area contributed by atoms with E-state index >= 15 is 0 Å². The van der Waals surface area contributed by atoms with Crippen molar-refractivity contribution < 1.29 is 74.4 Å². The molecule has 0 saturated heterocycles. The monoisotopic (exact) mass is 705 g/mol. The number of nitro groups is 1. The number of fused-ring (bicyclic) bond motifs is 3. The van der Waals surface area contributed by atoms with E-state index in [0.717, 1.165) is 37.1 Å². The summed E-state index contributed by atoms with van der Waals surface area (Å²) in [6, 6.07) is 10.8. The van der Waals surface area contributed by atoms with Crippen LogP contribution < -0.4 is 19.9 Å². The van der Waals surface area contributed by atoms with Gasteiger partial charge in [0.2, 0.25) is 0 Å². The number of nitrogens with two attached hydrogens (primary N) is 1. The molecule has 240 valence electrons. The molecule has 44 heavy (non-hydrogen) atoms. The van der Waals surface area contributed by atoms with Crippen molar-refractivity contribution in [3.05, 3.63) is 93.4 Å². The smallest absolute Gasteiger partial charge is 0.339 e. The van der Waals surface area contributed by atoms with Gasteiger partial charge in [-0.25, -0.2) is 14.4 Å². The minimum absolute atomic E-state index is 0. The Labute approximate surface area is 265 Å².